The fourth-order valence-corrected chi connectivity index (χ4v) is 40.7. The predicted molar refractivity (Wildman–Crippen MR) is 317 cm³/mol. The maximum absolute atomic E-state index is 11.5. The van der Waals surface area contributed by atoms with Crippen molar-refractivity contribution < 1.29 is 40.9 Å². The summed E-state index contributed by atoms with van der Waals surface area (Å²) in [5, 5.41) is 8.40. The molecular weight excluding hydrogens is 1030 g/mol. The van der Waals surface area contributed by atoms with Crippen LogP contribution in [0.5, 0.6) is 0 Å². The number of benzene rings is 6. The Hall–Kier alpha value is -6.41. The van der Waals surface area contributed by atoms with Crippen molar-refractivity contribution in [3.05, 3.63) is 177 Å². The molecule has 6 aromatic carbocycles. The minimum atomic E-state index is -1.82. The number of fused-ring (bicyclic) bond motifs is 3. The molecule has 0 saturated heterocycles. The summed E-state index contributed by atoms with van der Waals surface area (Å²) in [6.45, 7) is 27.2. The zero-order valence-electron chi connectivity index (χ0n) is 45.8. The van der Waals surface area contributed by atoms with Gasteiger partial charge in [-0.3, -0.25) is 0 Å². The van der Waals surface area contributed by atoms with Gasteiger partial charge < -0.3 is 26.6 Å². The fourth-order valence-electron chi connectivity index (χ4n) is 10.0. The highest BCUT2D eigenvalue weighted by Crippen LogP contribution is 2.24. The van der Waals surface area contributed by atoms with Crippen LogP contribution >= 0.6 is 0 Å². The fraction of sp³-hybridized carbons (Fsp3) is 0.250. The van der Waals surface area contributed by atoms with Crippen LogP contribution in [-0.4, -0.2) is 89.1 Å². The van der Waals surface area contributed by atoms with Gasteiger partial charge in [-0.25, -0.2) is 14.4 Å². The highest BCUT2D eigenvalue weighted by atomic mass is 28.4. The molecule has 384 valence electrons. The molecular formula is C60H66O9Si6. The molecule has 0 unspecified atom stereocenters. The van der Waals surface area contributed by atoms with Crippen LogP contribution in [0, 0.1) is 35.5 Å². The SMILES string of the molecule is COC(=O)c1ccc(C#Cc2ccc3c(c2)[Si](C)(C)O[Si]3(C)C)cc1.COC(=O)c1ccc(C#Cc2ccc3c(c2)[Si](C)(C)O[Si]3(C)C)cc1.COC(=O)c1ccc(C#Cc2ccc3c(c2)[Si](C)(C)O[Si]3(C)C)cc1. The van der Waals surface area contributed by atoms with E-state index < -0.39 is 49.9 Å². The molecule has 0 spiro atoms. The Morgan fingerprint density at radius 1 is 0.293 bits per heavy atom. The number of esters is 3. The van der Waals surface area contributed by atoms with Gasteiger partial charge in [-0.15, -0.1) is 0 Å². The van der Waals surface area contributed by atoms with Crippen LogP contribution in [0.4, 0.5) is 0 Å². The van der Waals surface area contributed by atoms with Gasteiger partial charge in [0.05, 0.1) is 38.0 Å². The molecule has 6 aromatic rings. The second-order valence-electron chi connectivity index (χ2n) is 21.6. The molecule has 0 atom stereocenters. The highest BCUT2D eigenvalue weighted by molar-refractivity contribution is 7.07. The lowest BCUT2D eigenvalue weighted by Gasteiger charge is -2.22. The minimum absolute atomic E-state index is 0.336. The molecule has 0 N–H and O–H groups in total. The van der Waals surface area contributed by atoms with Gasteiger partial charge in [-0.05, 0) is 219 Å². The molecule has 9 nitrogen and oxygen atoms in total. The standard InChI is InChI=1S/3C20H22O3Si2/c3*1-22-20(21)17-11-8-15(9-12-17)6-7-16-10-13-18-19(14-16)25(4,5)23-24(18,2)3/h3*8-14H,1-5H3. The maximum atomic E-state index is 11.5. The van der Waals surface area contributed by atoms with E-state index in [1.54, 1.807) is 36.4 Å². The lowest BCUT2D eigenvalue weighted by Crippen LogP contribution is -2.44. The van der Waals surface area contributed by atoms with Gasteiger partial charge in [-0.1, -0.05) is 53.7 Å². The third-order valence-electron chi connectivity index (χ3n) is 13.5. The maximum Gasteiger partial charge on any atom is 0.337 e. The lowest BCUT2D eigenvalue weighted by molar-refractivity contribution is 0.0592. The van der Waals surface area contributed by atoms with Crippen molar-refractivity contribution in [2.24, 2.45) is 0 Å². The molecule has 15 heteroatoms. The molecule has 0 aromatic heterocycles. The predicted octanol–water partition coefficient (Wildman–Crippen LogP) is 8.18. The third kappa shape index (κ3) is 13.0. The number of hydrogen-bond acceptors (Lipinski definition) is 9. The monoisotopic (exact) mass is 1100 g/mol. The van der Waals surface area contributed by atoms with E-state index in [1.165, 1.54) is 52.4 Å². The van der Waals surface area contributed by atoms with Crippen LogP contribution in [0.1, 0.15) is 64.5 Å². The molecule has 3 heterocycles. The molecule has 0 bridgehead atoms. The van der Waals surface area contributed by atoms with E-state index in [-0.39, 0.29) is 17.9 Å². The van der Waals surface area contributed by atoms with Crippen molar-refractivity contribution in [2.75, 3.05) is 21.3 Å². The summed E-state index contributed by atoms with van der Waals surface area (Å²) in [4.78, 5) is 34.4. The molecule has 75 heavy (non-hydrogen) atoms. The van der Waals surface area contributed by atoms with Crippen molar-refractivity contribution in [1.29, 1.82) is 0 Å². The summed E-state index contributed by atoms with van der Waals surface area (Å²) in [6.07, 6.45) is 0. The van der Waals surface area contributed by atoms with E-state index in [0.717, 1.165) is 33.4 Å². The van der Waals surface area contributed by atoms with E-state index >= 15 is 0 Å². The number of carbonyl (C=O) groups excluding carboxylic acids is 3. The normalized spacial score (nSPS) is 16.5. The topological polar surface area (TPSA) is 107 Å². The molecule has 3 aliphatic rings. The van der Waals surface area contributed by atoms with Crippen molar-refractivity contribution >= 4 is 98.9 Å². The zero-order chi connectivity index (χ0) is 54.7. The van der Waals surface area contributed by atoms with Gasteiger partial charge in [-0.2, -0.15) is 0 Å². The van der Waals surface area contributed by atoms with Gasteiger partial charge in [0.2, 0.25) is 49.9 Å². The summed E-state index contributed by atoms with van der Waals surface area (Å²) in [5.41, 5.74) is 7.22. The lowest BCUT2D eigenvalue weighted by atomic mass is 10.1. The number of ether oxygens (including phenoxy) is 3. The Bertz CT molecular complexity index is 3020. The Kier molecular flexibility index (Phi) is 16.6. The first-order valence-corrected chi connectivity index (χ1v) is 42.3. The van der Waals surface area contributed by atoms with Crippen molar-refractivity contribution in [3.63, 3.8) is 0 Å². The second-order valence-corrected chi connectivity index (χ2v) is 45.4. The van der Waals surface area contributed by atoms with Gasteiger partial charge in [0.1, 0.15) is 0 Å². The molecule has 9 rings (SSSR count). The van der Waals surface area contributed by atoms with E-state index in [2.05, 4.69) is 169 Å². The Morgan fingerprint density at radius 3 is 0.693 bits per heavy atom. The van der Waals surface area contributed by atoms with Crippen LogP contribution in [-0.2, 0) is 26.6 Å². The molecule has 0 fully saturated rings. The highest BCUT2D eigenvalue weighted by Gasteiger charge is 2.48. The molecule has 0 aliphatic carbocycles. The Balaban J connectivity index is 0.000000164. The van der Waals surface area contributed by atoms with Crippen LogP contribution in [0.25, 0.3) is 0 Å². The third-order valence-corrected chi connectivity index (χ3v) is 36.8. The van der Waals surface area contributed by atoms with E-state index in [1.807, 2.05) is 36.4 Å². The zero-order valence-corrected chi connectivity index (χ0v) is 51.8. The number of hydrogen-bond donors (Lipinski definition) is 0. The summed E-state index contributed by atoms with van der Waals surface area (Å²) >= 11 is 0. The first-order chi connectivity index (χ1) is 35.2. The second kappa shape index (κ2) is 22.0. The van der Waals surface area contributed by atoms with Crippen molar-refractivity contribution in [3.8, 4) is 35.5 Å². The summed E-state index contributed by atoms with van der Waals surface area (Å²) in [5.74, 6) is 18.2. The Morgan fingerprint density at radius 2 is 0.480 bits per heavy atom. The molecule has 0 amide bonds. The van der Waals surface area contributed by atoms with E-state index in [0.29, 0.717) is 16.7 Å². The molecule has 3 aliphatic heterocycles. The van der Waals surface area contributed by atoms with Gasteiger partial charge in [0.25, 0.3) is 0 Å². The first-order valence-electron chi connectivity index (χ1n) is 24.9. The largest absolute Gasteiger partial charge is 0.465 e. The van der Waals surface area contributed by atoms with Crippen LogP contribution in [0.2, 0.25) is 78.6 Å². The summed E-state index contributed by atoms with van der Waals surface area (Å²) in [7, 11) is -6.59. The van der Waals surface area contributed by atoms with Crippen molar-refractivity contribution in [2.45, 2.75) is 78.6 Å². The van der Waals surface area contributed by atoms with Gasteiger partial charge in [0.15, 0.2) is 0 Å². The Labute approximate surface area is 450 Å². The van der Waals surface area contributed by atoms with Gasteiger partial charge in [0, 0.05) is 33.4 Å². The number of carbonyl (C=O) groups is 3. The first kappa shape index (κ1) is 56.3. The number of rotatable bonds is 3. The molecule has 0 radical (unpaired) electrons. The summed E-state index contributed by atoms with van der Waals surface area (Å²) in [6, 6.07) is 40.9. The average molecular weight is 1100 g/mol. The minimum Gasteiger partial charge on any atom is -0.465 e. The van der Waals surface area contributed by atoms with E-state index in [4.69, 9.17) is 26.6 Å². The summed E-state index contributed by atoms with van der Waals surface area (Å²) < 4.78 is 33.5. The van der Waals surface area contributed by atoms with Crippen LogP contribution < -0.4 is 31.1 Å². The van der Waals surface area contributed by atoms with Crippen LogP contribution in [0.3, 0.4) is 0 Å². The molecule has 0 saturated carbocycles. The number of methoxy groups -OCH3 is 3. The van der Waals surface area contributed by atoms with Crippen LogP contribution in [0.15, 0.2) is 127 Å². The smallest absolute Gasteiger partial charge is 0.337 e. The average Bonchev–Trinajstić information content (AvgIpc) is 3.80. The van der Waals surface area contributed by atoms with Gasteiger partial charge >= 0.3 is 17.9 Å². The van der Waals surface area contributed by atoms with E-state index in [9.17, 15) is 14.4 Å². The van der Waals surface area contributed by atoms with Crippen molar-refractivity contribution in [1.82, 2.24) is 0 Å². The quantitative estimate of drug-likeness (QED) is 0.0752.